The van der Waals surface area contributed by atoms with Crippen LogP contribution in [0.25, 0.3) is 0 Å². The molecule has 0 amide bonds. The van der Waals surface area contributed by atoms with Gasteiger partial charge in [-0.05, 0) is 44.2 Å². The van der Waals surface area contributed by atoms with E-state index in [0.717, 1.165) is 18.8 Å². The Labute approximate surface area is 134 Å². The lowest BCUT2D eigenvalue weighted by Gasteiger charge is -2.29. The monoisotopic (exact) mass is 334 g/mol. The first-order chi connectivity index (χ1) is 10.6. The van der Waals surface area contributed by atoms with Crippen LogP contribution in [0.1, 0.15) is 39.9 Å². The highest BCUT2D eigenvalue weighted by molar-refractivity contribution is 4.91. The summed E-state index contributed by atoms with van der Waals surface area (Å²) >= 11 is 0. The Kier molecular flexibility index (Phi) is 5.30. The van der Waals surface area contributed by atoms with Gasteiger partial charge < -0.3 is 0 Å². The molecule has 1 aliphatic heterocycles. The second kappa shape index (κ2) is 6.72. The number of likely N-dealkylation sites (tertiary alicyclic amines) is 1. The number of hydrogen-bond donors (Lipinski definition) is 0. The number of likely N-dealkylation sites (N-methyl/N-ethyl adjacent to an activating group) is 1. The van der Waals surface area contributed by atoms with Crippen molar-refractivity contribution in [3.63, 3.8) is 0 Å². The van der Waals surface area contributed by atoms with E-state index < -0.39 is 12.7 Å². The molecule has 0 bridgehead atoms. The number of nitrogens with zero attached hydrogens (tertiary/aromatic N) is 6. The van der Waals surface area contributed by atoms with Crippen molar-refractivity contribution in [3.8, 4) is 0 Å². The molecular weight excluding hydrogens is 309 g/mol. The first-order valence-electron chi connectivity index (χ1n) is 7.91. The molecule has 2 heterocycles. The lowest BCUT2D eigenvalue weighted by atomic mass is 10.1. The van der Waals surface area contributed by atoms with Gasteiger partial charge >= 0.3 is 6.18 Å². The van der Waals surface area contributed by atoms with Crippen LogP contribution in [0.5, 0.6) is 0 Å². The summed E-state index contributed by atoms with van der Waals surface area (Å²) in [5.74, 6) is 0.744. The van der Waals surface area contributed by atoms with Crippen LogP contribution >= 0.6 is 0 Å². The van der Waals surface area contributed by atoms with E-state index in [4.69, 9.17) is 0 Å². The van der Waals surface area contributed by atoms with Crippen molar-refractivity contribution in [3.05, 3.63) is 5.82 Å². The van der Waals surface area contributed by atoms with Crippen molar-refractivity contribution in [2.24, 2.45) is 0 Å². The second-order valence-corrected chi connectivity index (χ2v) is 7.03. The highest BCUT2D eigenvalue weighted by Crippen LogP contribution is 2.23. The number of alkyl halides is 3. The van der Waals surface area contributed by atoms with Gasteiger partial charge in [-0.3, -0.25) is 9.80 Å². The van der Waals surface area contributed by atoms with Crippen molar-refractivity contribution in [2.45, 2.75) is 58.4 Å². The van der Waals surface area contributed by atoms with Gasteiger partial charge in [-0.1, -0.05) is 6.92 Å². The molecular formula is C14H25F3N6. The molecule has 6 nitrogen and oxygen atoms in total. The molecule has 1 fully saturated rings. The third-order valence-electron chi connectivity index (χ3n) is 4.09. The van der Waals surface area contributed by atoms with Gasteiger partial charge in [-0.15, -0.1) is 5.10 Å². The first-order valence-corrected chi connectivity index (χ1v) is 7.91. The number of halogens is 3. The van der Waals surface area contributed by atoms with E-state index in [1.807, 2.05) is 27.7 Å². The zero-order chi connectivity index (χ0) is 17.3. The van der Waals surface area contributed by atoms with E-state index in [9.17, 15) is 13.2 Å². The Balaban J connectivity index is 2.01. The zero-order valence-corrected chi connectivity index (χ0v) is 14.1. The van der Waals surface area contributed by atoms with Gasteiger partial charge in [-0.25, -0.2) is 4.68 Å². The molecule has 0 aromatic carbocycles. The molecule has 0 spiro atoms. The summed E-state index contributed by atoms with van der Waals surface area (Å²) < 4.78 is 39.3. The Morgan fingerprint density at radius 2 is 1.96 bits per heavy atom. The van der Waals surface area contributed by atoms with Crippen LogP contribution in [0.4, 0.5) is 13.2 Å². The fourth-order valence-electron chi connectivity index (χ4n) is 3.01. The molecule has 0 saturated carbocycles. The van der Waals surface area contributed by atoms with Crippen molar-refractivity contribution >= 4 is 0 Å². The predicted molar refractivity (Wildman–Crippen MR) is 79.8 cm³/mol. The van der Waals surface area contributed by atoms with E-state index in [1.165, 1.54) is 4.90 Å². The minimum atomic E-state index is -4.14. The topological polar surface area (TPSA) is 50.1 Å². The summed E-state index contributed by atoms with van der Waals surface area (Å²) in [4.78, 5) is 3.63. The summed E-state index contributed by atoms with van der Waals surface area (Å²) in [7, 11) is 0. The summed E-state index contributed by atoms with van der Waals surface area (Å²) in [5.41, 5.74) is -0.226. The van der Waals surface area contributed by atoms with Gasteiger partial charge in [0.2, 0.25) is 0 Å². The Morgan fingerprint density at radius 3 is 2.52 bits per heavy atom. The molecule has 1 aliphatic rings. The van der Waals surface area contributed by atoms with Gasteiger partial charge in [0, 0.05) is 19.1 Å². The summed E-state index contributed by atoms with van der Waals surface area (Å²) in [5, 5.41) is 11.9. The average molecular weight is 334 g/mol. The predicted octanol–water partition coefficient (Wildman–Crippen LogP) is 1.89. The van der Waals surface area contributed by atoms with Crippen molar-refractivity contribution in [1.29, 1.82) is 0 Å². The normalized spacial score (nSPS) is 20.6. The lowest BCUT2D eigenvalue weighted by molar-refractivity contribution is -0.143. The minimum absolute atomic E-state index is 0.104. The van der Waals surface area contributed by atoms with E-state index in [-0.39, 0.29) is 11.6 Å². The fourth-order valence-corrected chi connectivity index (χ4v) is 3.01. The van der Waals surface area contributed by atoms with Crippen molar-refractivity contribution in [2.75, 3.05) is 26.2 Å². The smallest absolute Gasteiger partial charge is 0.293 e. The summed E-state index contributed by atoms with van der Waals surface area (Å²) in [6.45, 7) is 9.44. The van der Waals surface area contributed by atoms with Crippen molar-refractivity contribution < 1.29 is 13.2 Å². The molecule has 1 unspecified atom stereocenters. The highest BCUT2D eigenvalue weighted by Gasteiger charge is 2.36. The number of aromatic nitrogens is 4. The molecule has 0 aliphatic carbocycles. The maximum atomic E-state index is 12.5. The highest BCUT2D eigenvalue weighted by atomic mass is 19.4. The van der Waals surface area contributed by atoms with Crippen LogP contribution in [0.3, 0.4) is 0 Å². The fraction of sp³-hybridized carbons (Fsp3) is 0.929. The van der Waals surface area contributed by atoms with Crippen LogP contribution in [-0.4, -0.2) is 68.4 Å². The van der Waals surface area contributed by atoms with E-state index in [2.05, 4.69) is 20.4 Å². The van der Waals surface area contributed by atoms with Gasteiger partial charge in [0.15, 0.2) is 5.82 Å². The van der Waals surface area contributed by atoms with Crippen LogP contribution in [0.2, 0.25) is 0 Å². The third-order valence-corrected chi connectivity index (χ3v) is 4.09. The molecule has 1 atom stereocenters. The Morgan fingerprint density at radius 1 is 1.26 bits per heavy atom. The lowest BCUT2D eigenvalue weighted by Crippen LogP contribution is -2.40. The molecule has 1 aromatic heterocycles. The maximum absolute atomic E-state index is 12.5. The maximum Gasteiger partial charge on any atom is 0.401 e. The number of hydrogen-bond acceptors (Lipinski definition) is 5. The first kappa shape index (κ1) is 18.1. The second-order valence-electron chi connectivity index (χ2n) is 7.03. The van der Waals surface area contributed by atoms with Crippen LogP contribution in [0, 0.1) is 0 Å². The SMILES string of the molecule is CCN(Cc1nnnn1C(C)(C)C)C1CCN(CC(F)(F)F)C1. The van der Waals surface area contributed by atoms with Gasteiger partial charge in [-0.2, -0.15) is 13.2 Å². The quantitative estimate of drug-likeness (QED) is 0.823. The molecule has 0 N–H and O–H groups in total. The molecule has 1 aromatic rings. The zero-order valence-electron chi connectivity index (χ0n) is 14.1. The standard InChI is InChI=1S/C14H25F3N6/c1-5-22(9-12-18-19-20-23(12)13(2,3)4)11-6-7-21(8-11)10-14(15,16)17/h11H,5-10H2,1-4H3. The average Bonchev–Trinajstić information content (AvgIpc) is 3.02. The van der Waals surface area contributed by atoms with Crippen molar-refractivity contribution in [1.82, 2.24) is 30.0 Å². The van der Waals surface area contributed by atoms with E-state index in [0.29, 0.717) is 19.6 Å². The Bertz CT molecular complexity index is 507. The Hall–Kier alpha value is -1.22. The van der Waals surface area contributed by atoms with Crippen LogP contribution in [0.15, 0.2) is 0 Å². The van der Waals surface area contributed by atoms with Crippen LogP contribution < -0.4 is 0 Å². The number of tetrazole rings is 1. The van der Waals surface area contributed by atoms with E-state index in [1.54, 1.807) is 4.68 Å². The summed E-state index contributed by atoms with van der Waals surface area (Å²) in [6.07, 6.45) is -3.40. The molecule has 2 rings (SSSR count). The molecule has 1 saturated heterocycles. The van der Waals surface area contributed by atoms with Gasteiger partial charge in [0.25, 0.3) is 0 Å². The third kappa shape index (κ3) is 4.87. The largest absolute Gasteiger partial charge is 0.401 e. The summed E-state index contributed by atoms with van der Waals surface area (Å²) in [6, 6.07) is 0.104. The van der Waals surface area contributed by atoms with Gasteiger partial charge in [0.1, 0.15) is 0 Å². The molecule has 9 heteroatoms. The van der Waals surface area contributed by atoms with E-state index >= 15 is 0 Å². The molecule has 23 heavy (non-hydrogen) atoms. The van der Waals surface area contributed by atoms with Gasteiger partial charge in [0.05, 0.1) is 18.6 Å². The molecule has 0 radical (unpaired) electrons. The number of rotatable bonds is 5. The van der Waals surface area contributed by atoms with Crippen LogP contribution in [-0.2, 0) is 12.1 Å². The molecule has 132 valence electrons. The minimum Gasteiger partial charge on any atom is -0.293 e.